The monoisotopic (exact) mass is 366 g/mol. The van der Waals surface area contributed by atoms with Gasteiger partial charge in [-0.15, -0.1) is 0 Å². The maximum Gasteiger partial charge on any atom is 0.205 e. The first-order chi connectivity index (χ1) is 12.6. The molecule has 0 saturated carbocycles. The van der Waals surface area contributed by atoms with Gasteiger partial charge in [0.15, 0.2) is 11.5 Å². The first-order valence-electron chi connectivity index (χ1n) is 7.73. The van der Waals surface area contributed by atoms with Gasteiger partial charge in [0.05, 0.1) is 14.2 Å². The fourth-order valence-corrected chi connectivity index (χ4v) is 2.93. The van der Waals surface area contributed by atoms with Crippen LogP contribution < -0.4 is 9.47 Å². The lowest BCUT2D eigenvalue weighted by molar-refractivity contribution is 0.104. The molecule has 0 amide bonds. The number of methoxy groups -OCH3 is 2. The zero-order valence-electron chi connectivity index (χ0n) is 14.2. The highest BCUT2D eigenvalue weighted by Crippen LogP contribution is 2.33. The number of halogens is 1. The Kier molecular flexibility index (Phi) is 4.97. The van der Waals surface area contributed by atoms with Crippen molar-refractivity contribution in [1.29, 1.82) is 5.26 Å². The highest BCUT2D eigenvalue weighted by molar-refractivity contribution is 6.31. The molecule has 1 aromatic heterocycles. The second kappa shape index (κ2) is 7.34. The molecule has 130 valence electrons. The minimum atomic E-state index is -0.383. The molecule has 0 aliphatic carbocycles. The Bertz CT molecular complexity index is 1060. The van der Waals surface area contributed by atoms with Crippen molar-refractivity contribution in [1.82, 2.24) is 4.98 Å². The minimum absolute atomic E-state index is 0.00703. The van der Waals surface area contributed by atoms with Gasteiger partial charge in [-0.1, -0.05) is 29.8 Å². The summed E-state index contributed by atoms with van der Waals surface area (Å²) in [6.45, 7) is 0. The number of hydrogen-bond donors (Lipinski definition) is 1. The number of Topliss-reactive ketones (excluding diaryl/α,β-unsaturated/α-hetero) is 1. The number of rotatable bonds is 5. The Hall–Kier alpha value is -3.23. The number of para-hydroxylation sites is 1. The van der Waals surface area contributed by atoms with Crippen LogP contribution in [0.1, 0.15) is 15.9 Å². The maximum absolute atomic E-state index is 12.9. The maximum atomic E-state index is 12.9. The number of aromatic amines is 1. The number of nitriles is 1. The van der Waals surface area contributed by atoms with Crippen molar-refractivity contribution in [3.63, 3.8) is 0 Å². The summed E-state index contributed by atoms with van der Waals surface area (Å²) in [5.74, 6) is 0.597. The zero-order valence-corrected chi connectivity index (χ0v) is 14.9. The van der Waals surface area contributed by atoms with E-state index >= 15 is 0 Å². The van der Waals surface area contributed by atoms with E-state index in [0.717, 1.165) is 5.52 Å². The SMILES string of the molecule is COc1cccc(/C=C(/C#N)C(=O)c2c[nH]c3cc(Cl)ccc23)c1OC. The number of nitrogens with one attached hydrogen (secondary N) is 1. The Morgan fingerprint density at radius 1 is 1.23 bits per heavy atom. The van der Waals surface area contributed by atoms with Crippen molar-refractivity contribution in [2.75, 3.05) is 14.2 Å². The third-order valence-electron chi connectivity index (χ3n) is 3.99. The molecule has 0 aliphatic heterocycles. The second-order valence-electron chi connectivity index (χ2n) is 5.47. The van der Waals surface area contributed by atoms with Gasteiger partial charge in [-0.2, -0.15) is 5.26 Å². The molecule has 3 aromatic rings. The summed E-state index contributed by atoms with van der Waals surface area (Å²) >= 11 is 5.97. The van der Waals surface area contributed by atoms with Gasteiger partial charge >= 0.3 is 0 Å². The molecule has 3 rings (SSSR count). The van der Waals surface area contributed by atoms with Crippen molar-refractivity contribution < 1.29 is 14.3 Å². The van der Waals surface area contributed by atoms with Crippen molar-refractivity contribution in [2.45, 2.75) is 0 Å². The van der Waals surface area contributed by atoms with Crippen LogP contribution in [0.15, 0.2) is 48.2 Å². The Morgan fingerprint density at radius 3 is 2.73 bits per heavy atom. The molecular weight excluding hydrogens is 352 g/mol. The fourth-order valence-electron chi connectivity index (χ4n) is 2.76. The van der Waals surface area contributed by atoms with Gasteiger partial charge in [0.1, 0.15) is 11.6 Å². The van der Waals surface area contributed by atoms with Crippen molar-refractivity contribution in [2.24, 2.45) is 0 Å². The smallest absolute Gasteiger partial charge is 0.205 e. The first kappa shape index (κ1) is 17.6. The van der Waals surface area contributed by atoms with Crippen molar-refractivity contribution in [3.05, 3.63) is 64.3 Å². The molecule has 1 heterocycles. The van der Waals surface area contributed by atoms with E-state index in [1.807, 2.05) is 6.07 Å². The van der Waals surface area contributed by atoms with E-state index < -0.39 is 0 Å². The summed E-state index contributed by atoms with van der Waals surface area (Å²) in [6.07, 6.45) is 3.08. The number of hydrogen-bond acceptors (Lipinski definition) is 4. The van der Waals surface area contributed by atoms with Gasteiger partial charge in [0.25, 0.3) is 0 Å². The fraction of sp³-hybridized carbons (Fsp3) is 0.100. The highest BCUT2D eigenvalue weighted by Gasteiger charge is 2.18. The standard InChI is InChI=1S/C20H15ClN2O3/c1-25-18-5-3-4-12(20(18)26-2)8-13(10-22)19(24)16-11-23-17-9-14(21)6-7-15(16)17/h3-9,11,23H,1-2H3/b13-8-. The Balaban J connectivity index is 2.07. The molecule has 0 aliphatic rings. The van der Waals surface area contributed by atoms with Crippen LogP contribution in [-0.2, 0) is 0 Å². The Labute approximate surface area is 155 Å². The molecular formula is C20H15ClN2O3. The van der Waals surface area contributed by atoms with Gasteiger partial charge in [-0.25, -0.2) is 0 Å². The summed E-state index contributed by atoms with van der Waals surface area (Å²) in [5, 5.41) is 10.8. The largest absolute Gasteiger partial charge is 0.493 e. The molecule has 0 saturated heterocycles. The molecule has 0 fully saturated rings. The molecule has 0 bridgehead atoms. The summed E-state index contributed by atoms with van der Waals surface area (Å²) in [7, 11) is 3.03. The van der Waals surface area contributed by atoms with E-state index in [-0.39, 0.29) is 11.4 Å². The topological polar surface area (TPSA) is 75.1 Å². The van der Waals surface area contributed by atoms with Gasteiger partial charge in [-0.05, 0) is 24.3 Å². The lowest BCUT2D eigenvalue weighted by atomic mass is 10.0. The number of carbonyl (C=O) groups excluding carboxylic acids is 1. The number of aromatic nitrogens is 1. The normalized spacial score (nSPS) is 11.2. The number of nitrogens with zero attached hydrogens (tertiary/aromatic N) is 1. The molecule has 1 N–H and O–H groups in total. The van der Waals surface area contributed by atoms with E-state index in [1.165, 1.54) is 20.3 Å². The molecule has 26 heavy (non-hydrogen) atoms. The van der Waals surface area contributed by atoms with Crippen LogP contribution in [0.25, 0.3) is 17.0 Å². The average Bonchev–Trinajstić information content (AvgIpc) is 3.07. The van der Waals surface area contributed by atoms with Crippen LogP contribution >= 0.6 is 11.6 Å². The summed E-state index contributed by atoms with van der Waals surface area (Å²) in [6, 6.07) is 12.4. The van der Waals surface area contributed by atoms with Gasteiger partial charge in [0, 0.05) is 33.2 Å². The van der Waals surface area contributed by atoms with E-state index in [1.54, 1.807) is 42.6 Å². The summed E-state index contributed by atoms with van der Waals surface area (Å²) < 4.78 is 10.6. The van der Waals surface area contributed by atoms with Crippen LogP contribution in [0.4, 0.5) is 0 Å². The molecule has 0 spiro atoms. The third-order valence-corrected chi connectivity index (χ3v) is 4.22. The second-order valence-corrected chi connectivity index (χ2v) is 5.91. The number of ether oxygens (including phenoxy) is 2. The number of carbonyl (C=O) groups is 1. The predicted molar refractivity (Wildman–Crippen MR) is 101 cm³/mol. The van der Waals surface area contributed by atoms with Crippen LogP contribution in [0, 0.1) is 11.3 Å². The van der Waals surface area contributed by atoms with Gasteiger partial charge < -0.3 is 14.5 Å². The lowest BCUT2D eigenvalue weighted by Gasteiger charge is -2.10. The van der Waals surface area contributed by atoms with Crippen LogP contribution in [0.3, 0.4) is 0 Å². The van der Waals surface area contributed by atoms with Gasteiger partial charge in [-0.3, -0.25) is 4.79 Å². The van der Waals surface area contributed by atoms with E-state index in [0.29, 0.717) is 33.0 Å². The summed E-state index contributed by atoms with van der Waals surface area (Å²) in [5.41, 5.74) is 1.72. The molecule has 2 aromatic carbocycles. The third kappa shape index (κ3) is 3.15. The number of H-pyrrole nitrogens is 1. The lowest BCUT2D eigenvalue weighted by Crippen LogP contribution is -2.01. The van der Waals surface area contributed by atoms with E-state index in [2.05, 4.69) is 4.98 Å². The number of benzene rings is 2. The minimum Gasteiger partial charge on any atom is -0.493 e. The van der Waals surface area contributed by atoms with Crippen molar-refractivity contribution in [3.8, 4) is 17.6 Å². The molecule has 0 atom stereocenters. The van der Waals surface area contributed by atoms with Crippen molar-refractivity contribution >= 4 is 34.4 Å². The number of fused-ring (bicyclic) bond motifs is 1. The molecule has 0 unspecified atom stereocenters. The first-order valence-corrected chi connectivity index (χ1v) is 8.11. The van der Waals surface area contributed by atoms with Crippen LogP contribution in [-0.4, -0.2) is 25.0 Å². The van der Waals surface area contributed by atoms with Crippen LogP contribution in [0.5, 0.6) is 11.5 Å². The zero-order chi connectivity index (χ0) is 18.7. The molecule has 0 radical (unpaired) electrons. The molecule has 6 heteroatoms. The van der Waals surface area contributed by atoms with Crippen LogP contribution in [0.2, 0.25) is 5.02 Å². The summed E-state index contributed by atoms with van der Waals surface area (Å²) in [4.78, 5) is 15.9. The quantitative estimate of drug-likeness (QED) is 0.406. The average molecular weight is 367 g/mol. The highest BCUT2D eigenvalue weighted by atomic mass is 35.5. The van der Waals surface area contributed by atoms with E-state index in [9.17, 15) is 10.1 Å². The van der Waals surface area contributed by atoms with Gasteiger partial charge in [0.2, 0.25) is 5.78 Å². The number of allylic oxidation sites excluding steroid dienone is 1. The van der Waals surface area contributed by atoms with E-state index in [4.69, 9.17) is 21.1 Å². The molecule has 5 nitrogen and oxygen atoms in total. The predicted octanol–water partition coefficient (Wildman–Crippen LogP) is 4.63. The number of ketones is 1. The Morgan fingerprint density at radius 2 is 2.04 bits per heavy atom.